The highest BCUT2D eigenvalue weighted by Gasteiger charge is 2.66. The molecule has 2 amide bonds. The van der Waals surface area contributed by atoms with Gasteiger partial charge < -0.3 is 24.8 Å². The predicted octanol–water partition coefficient (Wildman–Crippen LogP) is 5.84. The van der Waals surface area contributed by atoms with Gasteiger partial charge in [-0.05, 0) is 60.0 Å². The molecular weight excluding hydrogens is 717 g/mol. The number of carbonyl (C=O) groups excluding carboxylic acids is 2. The lowest BCUT2D eigenvalue weighted by Crippen LogP contribution is -2.51. The molecule has 4 atom stereocenters. The van der Waals surface area contributed by atoms with Crippen LogP contribution in [0.2, 0.25) is 18.6 Å². The van der Waals surface area contributed by atoms with Crippen LogP contribution in [-0.2, 0) is 34.6 Å². The number of aryl methyl sites for hydroxylation is 1. The molecule has 2 N–H and O–H groups in total. The van der Waals surface area contributed by atoms with E-state index in [0.29, 0.717) is 47.6 Å². The van der Waals surface area contributed by atoms with Gasteiger partial charge in [-0.1, -0.05) is 72.9 Å². The maximum atomic E-state index is 15.2. The number of nitro benzene ring substituents is 1. The molecule has 284 valence electrons. The Kier molecular flexibility index (Phi) is 10.4. The van der Waals surface area contributed by atoms with Crippen LogP contribution >= 0.6 is 0 Å². The van der Waals surface area contributed by atoms with Crippen LogP contribution in [0.5, 0.6) is 5.75 Å². The Morgan fingerprint density at radius 1 is 1.05 bits per heavy atom. The van der Waals surface area contributed by atoms with Crippen LogP contribution in [0, 0.1) is 16.0 Å². The van der Waals surface area contributed by atoms with E-state index in [1.807, 2.05) is 49.5 Å². The number of carbonyl (C=O) groups is 2. The van der Waals surface area contributed by atoms with E-state index in [-0.39, 0.29) is 42.1 Å². The number of nitro groups is 1. The largest absolute Gasteiger partial charge is 0.497 e. The summed E-state index contributed by atoms with van der Waals surface area (Å²) in [5, 5.41) is 34.2. The standard InChI is InChI=1S/C41H44N6O7Si/c1-27-38(55(3,4)34-16-14-33(53-2)15-17-34)37(19-21-45-26-31(20-22-48)43-44-45)54-41(27)35-24-32(47(51)52)13-18-36(35)46(40(41)50)25-28-9-8-12-30(23-28)42-39(49)29-10-6-5-7-11-29/h5-18,23-24,26-27,37-38,48H,19-22,25H2,1-4H3,(H,42,49)/t27-,37+,38-,41+/m0/s1. The summed E-state index contributed by atoms with van der Waals surface area (Å²) >= 11 is 0. The van der Waals surface area contributed by atoms with Gasteiger partial charge in [0, 0.05) is 60.6 Å². The van der Waals surface area contributed by atoms with Crippen LogP contribution in [0.1, 0.15) is 40.5 Å². The summed E-state index contributed by atoms with van der Waals surface area (Å²) in [6, 6.07) is 28.9. The van der Waals surface area contributed by atoms with Crippen molar-refractivity contribution in [1.29, 1.82) is 0 Å². The van der Waals surface area contributed by atoms with Crippen molar-refractivity contribution in [1.82, 2.24) is 15.0 Å². The molecule has 0 bridgehead atoms. The number of ether oxygens (including phenoxy) is 2. The summed E-state index contributed by atoms with van der Waals surface area (Å²) in [6.07, 6.45) is 2.29. The summed E-state index contributed by atoms with van der Waals surface area (Å²) in [4.78, 5) is 41.6. The smallest absolute Gasteiger partial charge is 0.269 e. The van der Waals surface area contributed by atoms with Crippen molar-refractivity contribution < 1.29 is 29.1 Å². The van der Waals surface area contributed by atoms with Crippen LogP contribution < -0.4 is 20.1 Å². The number of nitrogens with one attached hydrogen (secondary N) is 1. The molecule has 1 spiro atoms. The predicted molar refractivity (Wildman–Crippen MR) is 210 cm³/mol. The van der Waals surface area contributed by atoms with Crippen LogP contribution in [0.4, 0.5) is 17.1 Å². The first kappa shape index (κ1) is 37.6. The number of rotatable bonds is 13. The average molecular weight is 761 g/mol. The Hall–Kier alpha value is -5.70. The van der Waals surface area contributed by atoms with E-state index in [1.54, 1.807) is 53.1 Å². The number of aliphatic hydroxyl groups is 1. The number of amides is 2. The zero-order valence-electron chi connectivity index (χ0n) is 31.2. The number of non-ortho nitro benzene ring substituents is 1. The van der Waals surface area contributed by atoms with Crippen LogP contribution in [0.25, 0.3) is 0 Å². The second kappa shape index (κ2) is 15.2. The summed E-state index contributed by atoms with van der Waals surface area (Å²) in [7, 11) is -0.854. The normalized spacial score (nSPS) is 20.5. The van der Waals surface area contributed by atoms with Gasteiger partial charge in [-0.15, -0.1) is 5.10 Å². The van der Waals surface area contributed by atoms with Gasteiger partial charge in [0.25, 0.3) is 17.5 Å². The monoisotopic (exact) mass is 760 g/mol. The molecule has 7 rings (SSSR count). The molecule has 1 fully saturated rings. The Labute approximate surface area is 320 Å². The number of aromatic nitrogens is 3. The zero-order valence-corrected chi connectivity index (χ0v) is 32.2. The molecule has 1 aromatic heterocycles. The van der Waals surface area contributed by atoms with Crippen molar-refractivity contribution in [2.45, 2.75) is 63.2 Å². The Morgan fingerprint density at radius 2 is 1.82 bits per heavy atom. The molecule has 0 saturated carbocycles. The number of fused-ring (bicyclic) bond motifs is 2. The molecule has 1 saturated heterocycles. The summed E-state index contributed by atoms with van der Waals surface area (Å²) in [5.74, 6) is -0.173. The van der Waals surface area contributed by atoms with Gasteiger partial charge in [-0.2, -0.15) is 0 Å². The Balaban J connectivity index is 1.27. The second-order valence-electron chi connectivity index (χ2n) is 14.8. The van der Waals surface area contributed by atoms with Gasteiger partial charge >= 0.3 is 0 Å². The van der Waals surface area contributed by atoms with Gasteiger partial charge in [0.15, 0.2) is 5.60 Å². The minimum atomic E-state index is -2.48. The van der Waals surface area contributed by atoms with Gasteiger partial charge in [0.2, 0.25) is 0 Å². The van der Waals surface area contributed by atoms with E-state index in [1.165, 1.54) is 12.1 Å². The number of benzene rings is 4. The molecule has 55 heavy (non-hydrogen) atoms. The molecule has 3 heterocycles. The number of hydrogen-bond acceptors (Lipinski definition) is 9. The number of nitrogens with zero attached hydrogens (tertiary/aromatic N) is 5. The molecule has 13 nitrogen and oxygen atoms in total. The van der Waals surface area contributed by atoms with E-state index in [2.05, 4.69) is 40.9 Å². The van der Waals surface area contributed by atoms with Crippen molar-refractivity contribution >= 4 is 42.1 Å². The lowest BCUT2D eigenvalue weighted by Gasteiger charge is -2.37. The lowest BCUT2D eigenvalue weighted by atomic mass is 9.82. The number of anilines is 2. The number of hydrogen-bond donors (Lipinski definition) is 2. The molecular formula is C41H44N6O7Si. The van der Waals surface area contributed by atoms with Crippen molar-refractivity contribution in [2.75, 3.05) is 23.9 Å². The minimum Gasteiger partial charge on any atom is -0.497 e. The Morgan fingerprint density at radius 3 is 2.53 bits per heavy atom. The van der Waals surface area contributed by atoms with Crippen molar-refractivity contribution in [2.24, 2.45) is 5.92 Å². The SMILES string of the molecule is COc1ccc([Si](C)(C)[C@@H]2[C@@H](CCn3cc(CCO)nn3)O[C@]3(C(=O)N(Cc4cccc(NC(=O)c5ccccc5)c4)c4ccc([N+](=O)[O-])cc43)[C@H]2C)cc1. The van der Waals surface area contributed by atoms with Gasteiger partial charge in [0.1, 0.15) is 5.75 Å². The third kappa shape index (κ3) is 7.04. The minimum absolute atomic E-state index is 0.0367. The fourth-order valence-electron chi connectivity index (χ4n) is 8.50. The fourth-order valence-corrected chi connectivity index (χ4v) is 12.6. The van der Waals surface area contributed by atoms with Gasteiger partial charge in [-0.3, -0.25) is 24.4 Å². The lowest BCUT2D eigenvalue weighted by molar-refractivity contribution is -0.385. The average Bonchev–Trinajstić information content (AvgIpc) is 3.84. The van der Waals surface area contributed by atoms with Crippen LogP contribution in [0.15, 0.2) is 103 Å². The summed E-state index contributed by atoms with van der Waals surface area (Å²) in [6.45, 7) is 7.17. The molecule has 14 heteroatoms. The molecule has 2 aliphatic heterocycles. The highest BCUT2D eigenvalue weighted by atomic mass is 28.3. The van der Waals surface area contributed by atoms with Gasteiger partial charge in [0.05, 0.1) is 44.1 Å². The number of methoxy groups -OCH3 is 1. The molecule has 2 aliphatic rings. The van der Waals surface area contributed by atoms with E-state index in [0.717, 1.165) is 16.5 Å². The molecule has 0 aliphatic carbocycles. The second-order valence-corrected chi connectivity index (χ2v) is 19.4. The molecule has 5 aromatic rings. The highest BCUT2D eigenvalue weighted by molar-refractivity contribution is 6.91. The third-order valence-electron chi connectivity index (χ3n) is 11.2. The number of aliphatic hydroxyl groups excluding tert-OH is 1. The first-order valence-electron chi connectivity index (χ1n) is 18.3. The van der Waals surface area contributed by atoms with Crippen LogP contribution in [-0.4, -0.2) is 64.7 Å². The van der Waals surface area contributed by atoms with Gasteiger partial charge in [-0.25, -0.2) is 0 Å². The highest BCUT2D eigenvalue weighted by Crippen LogP contribution is 2.60. The quantitative estimate of drug-likeness (QED) is 0.0854. The molecule has 4 aromatic carbocycles. The van der Waals surface area contributed by atoms with Crippen molar-refractivity contribution in [3.63, 3.8) is 0 Å². The maximum Gasteiger partial charge on any atom is 0.269 e. The first-order chi connectivity index (χ1) is 26.5. The Bertz CT molecular complexity index is 2210. The molecule has 0 radical (unpaired) electrons. The summed E-state index contributed by atoms with van der Waals surface area (Å²) < 4.78 is 14.4. The maximum absolute atomic E-state index is 15.2. The first-order valence-corrected chi connectivity index (χ1v) is 21.4. The van der Waals surface area contributed by atoms with Crippen molar-refractivity contribution in [3.05, 3.63) is 136 Å². The fraction of sp³-hybridized carbons (Fsp3) is 0.317. The van der Waals surface area contributed by atoms with Crippen LogP contribution in [0.3, 0.4) is 0 Å². The van der Waals surface area contributed by atoms with E-state index in [4.69, 9.17) is 9.47 Å². The molecule has 0 unspecified atom stereocenters. The third-order valence-corrected chi connectivity index (χ3v) is 15.5. The van der Waals surface area contributed by atoms with E-state index >= 15 is 4.79 Å². The summed E-state index contributed by atoms with van der Waals surface area (Å²) in [5.41, 5.74) is 1.83. The van der Waals surface area contributed by atoms with E-state index in [9.17, 15) is 20.0 Å². The van der Waals surface area contributed by atoms with E-state index < -0.39 is 24.7 Å². The van der Waals surface area contributed by atoms with Crippen molar-refractivity contribution in [3.8, 4) is 5.75 Å². The topological polar surface area (TPSA) is 162 Å². The zero-order chi connectivity index (χ0) is 38.9.